The van der Waals surface area contributed by atoms with Gasteiger partial charge in [-0.05, 0) is 57.4 Å². The standard InChI is InChI=1S/C25H29NO5S/c1-4-30-25(27)24-18(3)21-16-20(12-13-23(21)31-24)32(28,29)26-14-7-5-6-11-22(26)19-10-8-9-17(2)15-19/h8-10,12-13,15-16,22H,4-7,11,14H2,1-3H3/t22-/m1/s1. The number of hydrogen-bond donors (Lipinski definition) is 0. The van der Waals surface area contributed by atoms with Gasteiger partial charge in [0.15, 0.2) is 0 Å². The molecule has 4 rings (SSSR count). The molecule has 2 heterocycles. The lowest BCUT2D eigenvalue weighted by Crippen LogP contribution is -2.34. The molecule has 0 bridgehead atoms. The number of benzene rings is 2. The fourth-order valence-electron chi connectivity index (χ4n) is 4.47. The van der Waals surface area contributed by atoms with Gasteiger partial charge < -0.3 is 9.15 Å². The van der Waals surface area contributed by atoms with Crippen LogP contribution in [0, 0.1) is 13.8 Å². The van der Waals surface area contributed by atoms with E-state index < -0.39 is 16.0 Å². The van der Waals surface area contributed by atoms with Crippen molar-refractivity contribution in [3.63, 3.8) is 0 Å². The number of aryl methyl sites for hydroxylation is 2. The van der Waals surface area contributed by atoms with Crippen LogP contribution in [0.2, 0.25) is 0 Å². The molecule has 0 radical (unpaired) electrons. The Hall–Kier alpha value is -2.64. The third-order valence-corrected chi connectivity index (χ3v) is 8.01. The molecule has 0 aliphatic carbocycles. The first kappa shape index (κ1) is 22.6. The van der Waals surface area contributed by atoms with Crippen LogP contribution in [0.1, 0.15) is 65.9 Å². The van der Waals surface area contributed by atoms with Gasteiger partial charge in [-0.2, -0.15) is 4.31 Å². The Kier molecular flexibility index (Phi) is 6.40. The number of sulfonamides is 1. The van der Waals surface area contributed by atoms with Gasteiger partial charge in [0.2, 0.25) is 15.8 Å². The lowest BCUT2D eigenvalue weighted by Gasteiger charge is -2.30. The number of carbonyl (C=O) groups excluding carboxylic acids is 1. The molecule has 1 aliphatic heterocycles. The van der Waals surface area contributed by atoms with Crippen molar-refractivity contribution in [1.82, 2.24) is 4.31 Å². The summed E-state index contributed by atoms with van der Waals surface area (Å²) in [5, 5.41) is 0.607. The predicted molar refractivity (Wildman–Crippen MR) is 123 cm³/mol. The van der Waals surface area contributed by atoms with Gasteiger partial charge in [-0.15, -0.1) is 0 Å². The Morgan fingerprint density at radius 2 is 1.94 bits per heavy atom. The first-order valence-electron chi connectivity index (χ1n) is 11.1. The van der Waals surface area contributed by atoms with Crippen molar-refractivity contribution in [2.75, 3.05) is 13.2 Å². The topological polar surface area (TPSA) is 76.8 Å². The summed E-state index contributed by atoms with van der Waals surface area (Å²) in [5.74, 6) is -0.429. The van der Waals surface area contributed by atoms with E-state index >= 15 is 0 Å². The van der Waals surface area contributed by atoms with Crippen LogP contribution in [-0.2, 0) is 14.8 Å². The molecule has 1 saturated heterocycles. The summed E-state index contributed by atoms with van der Waals surface area (Å²) >= 11 is 0. The number of furan rings is 1. The highest BCUT2D eigenvalue weighted by molar-refractivity contribution is 7.89. The quantitative estimate of drug-likeness (QED) is 0.473. The van der Waals surface area contributed by atoms with Gasteiger partial charge in [0, 0.05) is 17.5 Å². The molecule has 6 nitrogen and oxygen atoms in total. The van der Waals surface area contributed by atoms with Crippen molar-refractivity contribution in [1.29, 1.82) is 0 Å². The summed E-state index contributed by atoms with van der Waals surface area (Å²) in [5.41, 5.74) is 3.20. The summed E-state index contributed by atoms with van der Waals surface area (Å²) in [4.78, 5) is 12.4. The third-order valence-electron chi connectivity index (χ3n) is 6.11. The summed E-state index contributed by atoms with van der Waals surface area (Å²) in [7, 11) is -3.75. The molecule has 1 aromatic heterocycles. The smallest absolute Gasteiger partial charge is 0.374 e. The molecular weight excluding hydrogens is 426 g/mol. The van der Waals surface area contributed by atoms with Crippen molar-refractivity contribution in [3.8, 4) is 0 Å². The molecule has 0 amide bonds. The molecule has 0 spiro atoms. The first-order valence-corrected chi connectivity index (χ1v) is 12.6. The monoisotopic (exact) mass is 455 g/mol. The van der Waals surface area contributed by atoms with Crippen molar-refractivity contribution >= 4 is 27.0 Å². The second-order valence-corrected chi connectivity index (χ2v) is 10.2. The number of fused-ring (bicyclic) bond motifs is 1. The maximum atomic E-state index is 13.8. The molecule has 0 saturated carbocycles. The number of hydrogen-bond acceptors (Lipinski definition) is 5. The lowest BCUT2D eigenvalue weighted by atomic mass is 10.0. The van der Waals surface area contributed by atoms with E-state index in [0.29, 0.717) is 23.1 Å². The van der Waals surface area contributed by atoms with E-state index in [0.717, 1.165) is 36.8 Å². The normalized spacial score (nSPS) is 17.9. The Morgan fingerprint density at radius 3 is 2.69 bits per heavy atom. The molecular formula is C25H29NO5S. The zero-order chi connectivity index (χ0) is 22.9. The summed E-state index contributed by atoms with van der Waals surface area (Å²) in [6, 6.07) is 12.7. The van der Waals surface area contributed by atoms with E-state index in [1.807, 2.05) is 25.1 Å². The number of carbonyl (C=O) groups is 1. The van der Waals surface area contributed by atoms with Gasteiger partial charge >= 0.3 is 5.97 Å². The predicted octanol–water partition coefficient (Wildman–Crippen LogP) is 5.53. The van der Waals surface area contributed by atoms with Crippen LogP contribution in [-0.4, -0.2) is 31.8 Å². The van der Waals surface area contributed by atoms with Crippen LogP contribution in [0.5, 0.6) is 0 Å². The zero-order valence-corrected chi connectivity index (χ0v) is 19.6. The average molecular weight is 456 g/mol. The van der Waals surface area contributed by atoms with Crippen LogP contribution in [0.3, 0.4) is 0 Å². The first-order chi connectivity index (χ1) is 15.3. The van der Waals surface area contributed by atoms with Crippen LogP contribution in [0.15, 0.2) is 51.8 Å². The number of nitrogens with zero attached hydrogens (tertiary/aromatic N) is 1. The maximum Gasteiger partial charge on any atom is 0.374 e. The highest BCUT2D eigenvalue weighted by Gasteiger charge is 2.34. The Labute approximate surface area is 189 Å². The minimum absolute atomic E-state index is 0.115. The van der Waals surface area contributed by atoms with Crippen molar-refractivity contribution in [2.24, 2.45) is 0 Å². The van der Waals surface area contributed by atoms with E-state index in [9.17, 15) is 13.2 Å². The van der Waals surface area contributed by atoms with Gasteiger partial charge in [0.25, 0.3) is 0 Å². The van der Waals surface area contributed by atoms with Crippen molar-refractivity contribution in [2.45, 2.75) is 57.4 Å². The molecule has 1 atom stereocenters. The summed E-state index contributed by atoms with van der Waals surface area (Å²) in [6.45, 7) is 6.22. The number of esters is 1. The molecule has 1 fully saturated rings. The zero-order valence-electron chi connectivity index (χ0n) is 18.8. The molecule has 32 heavy (non-hydrogen) atoms. The SMILES string of the molecule is CCOC(=O)c1oc2ccc(S(=O)(=O)N3CCCCC[C@@H]3c3cccc(C)c3)cc2c1C. The fraction of sp³-hybridized carbons (Fsp3) is 0.400. The minimum Gasteiger partial charge on any atom is -0.460 e. The molecule has 2 aromatic carbocycles. The second kappa shape index (κ2) is 9.08. The Bertz CT molecular complexity index is 1240. The van der Waals surface area contributed by atoms with Gasteiger partial charge in [0.05, 0.1) is 17.5 Å². The minimum atomic E-state index is -3.75. The number of rotatable bonds is 5. The third kappa shape index (κ3) is 4.19. The fourth-order valence-corrected chi connectivity index (χ4v) is 6.18. The van der Waals surface area contributed by atoms with Gasteiger partial charge in [-0.3, -0.25) is 0 Å². The molecule has 3 aromatic rings. The van der Waals surface area contributed by atoms with Gasteiger partial charge in [-0.1, -0.05) is 42.7 Å². The largest absolute Gasteiger partial charge is 0.460 e. The average Bonchev–Trinajstić information content (AvgIpc) is 2.94. The van der Waals surface area contributed by atoms with Crippen molar-refractivity contribution < 1.29 is 22.4 Å². The molecule has 170 valence electrons. The van der Waals surface area contributed by atoms with E-state index in [4.69, 9.17) is 9.15 Å². The summed E-state index contributed by atoms with van der Waals surface area (Å²) in [6.07, 6.45) is 3.63. The van der Waals surface area contributed by atoms with E-state index in [1.54, 1.807) is 36.4 Å². The van der Waals surface area contributed by atoms with E-state index in [1.165, 1.54) is 0 Å². The van der Waals surface area contributed by atoms with E-state index in [2.05, 4.69) is 6.07 Å². The van der Waals surface area contributed by atoms with E-state index in [-0.39, 0.29) is 23.3 Å². The second-order valence-electron chi connectivity index (χ2n) is 8.33. The highest BCUT2D eigenvalue weighted by Crippen LogP contribution is 2.36. The molecule has 1 aliphatic rings. The maximum absolute atomic E-state index is 13.8. The summed E-state index contributed by atoms with van der Waals surface area (Å²) < 4.78 is 40.0. The lowest BCUT2D eigenvalue weighted by molar-refractivity contribution is 0.0491. The molecule has 0 unspecified atom stereocenters. The molecule has 7 heteroatoms. The van der Waals surface area contributed by atoms with Crippen molar-refractivity contribution in [3.05, 3.63) is 64.9 Å². The van der Waals surface area contributed by atoms with Crippen LogP contribution in [0.25, 0.3) is 11.0 Å². The number of ether oxygens (including phenoxy) is 1. The van der Waals surface area contributed by atoms with Crippen LogP contribution >= 0.6 is 0 Å². The Balaban J connectivity index is 1.76. The van der Waals surface area contributed by atoms with Crippen LogP contribution in [0.4, 0.5) is 0 Å². The van der Waals surface area contributed by atoms with Gasteiger partial charge in [-0.25, -0.2) is 13.2 Å². The molecule has 0 N–H and O–H groups in total. The van der Waals surface area contributed by atoms with Gasteiger partial charge in [0.1, 0.15) is 5.58 Å². The Morgan fingerprint density at radius 1 is 1.12 bits per heavy atom. The van der Waals surface area contributed by atoms with Crippen LogP contribution < -0.4 is 0 Å². The highest BCUT2D eigenvalue weighted by atomic mass is 32.2.